The molecule has 1 aromatic carbocycles. The molecule has 0 aliphatic heterocycles. The van der Waals surface area contributed by atoms with Crippen molar-refractivity contribution in [2.45, 2.75) is 32.4 Å². The van der Waals surface area contributed by atoms with Gasteiger partial charge < -0.3 is 10.4 Å². The molecule has 0 bridgehead atoms. The van der Waals surface area contributed by atoms with E-state index in [-0.39, 0.29) is 12.1 Å². The van der Waals surface area contributed by atoms with Crippen LogP contribution in [0.3, 0.4) is 0 Å². The van der Waals surface area contributed by atoms with Crippen molar-refractivity contribution in [3.63, 3.8) is 0 Å². The fraction of sp³-hybridized carbons (Fsp3) is 0.400. The Bertz CT molecular complexity index is 515. The van der Waals surface area contributed by atoms with Crippen LogP contribution >= 0.6 is 0 Å². The molecular weight excluding hydrogens is 224 g/mol. The molecule has 0 amide bonds. The Hall–Kier alpha value is -1.45. The van der Waals surface area contributed by atoms with Gasteiger partial charge in [0.05, 0.1) is 12.1 Å². The number of pyridine rings is 1. The Labute approximate surface area is 108 Å². The van der Waals surface area contributed by atoms with E-state index in [0.717, 1.165) is 23.9 Å². The molecule has 2 N–H and O–H groups in total. The van der Waals surface area contributed by atoms with Crippen LogP contribution < -0.4 is 5.32 Å². The van der Waals surface area contributed by atoms with Crippen molar-refractivity contribution in [3.05, 3.63) is 42.1 Å². The van der Waals surface area contributed by atoms with Crippen LogP contribution in [0.5, 0.6) is 0 Å². The molecule has 96 valence electrons. The maximum atomic E-state index is 9.40. The summed E-state index contributed by atoms with van der Waals surface area (Å²) in [6.07, 6.45) is 2.71. The molecule has 0 aliphatic carbocycles. The second-order valence-electron chi connectivity index (χ2n) is 4.92. The highest BCUT2D eigenvalue weighted by Crippen LogP contribution is 2.17. The van der Waals surface area contributed by atoms with E-state index in [0.29, 0.717) is 0 Å². The number of hydrogen-bond donors (Lipinski definition) is 2. The van der Waals surface area contributed by atoms with Crippen molar-refractivity contribution < 1.29 is 5.11 Å². The number of aromatic nitrogens is 1. The Kier molecular flexibility index (Phi) is 3.94. The lowest BCUT2D eigenvalue weighted by Crippen LogP contribution is -2.44. The molecule has 1 heterocycles. The van der Waals surface area contributed by atoms with E-state index in [9.17, 15) is 5.11 Å². The number of nitrogens with one attached hydrogen (secondary N) is 1. The van der Waals surface area contributed by atoms with Gasteiger partial charge in [-0.1, -0.05) is 31.2 Å². The third kappa shape index (κ3) is 2.68. The van der Waals surface area contributed by atoms with Crippen molar-refractivity contribution in [2.75, 3.05) is 6.61 Å². The second kappa shape index (κ2) is 5.46. The van der Waals surface area contributed by atoms with E-state index in [1.54, 1.807) is 0 Å². The molecule has 1 aromatic heterocycles. The first kappa shape index (κ1) is 13.0. The molecule has 3 nitrogen and oxygen atoms in total. The van der Waals surface area contributed by atoms with Crippen LogP contribution in [-0.4, -0.2) is 22.2 Å². The minimum Gasteiger partial charge on any atom is -0.394 e. The minimum atomic E-state index is -0.225. The first-order valence-electron chi connectivity index (χ1n) is 6.37. The van der Waals surface area contributed by atoms with Gasteiger partial charge in [0.2, 0.25) is 0 Å². The van der Waals surface area contributed by atoms with Crippen molar-refractivity contribution in [1.82, 2.24) is 10.3 Å². The van der Waals surface area contributed by atoms with Crippen LogP contribution in [0.15, 0.2) is 36.5 Å². The summed E-state index contributed by atoms with van der Waals surface area (Å²) >= 11 is 0. The molecule has 0 fully saturated rings. The van der Waals surface area contributed by atoms with E-state index in [1.807, 2.05) is 25.3 Å². The van der Waals surface area contributed by atoms with Crippen molar-refractivity contribution >= 4 is 10.9 Å². The molecule has 1 unspecified atom stereocenters. The molecule has 2 aromatic rings. The van der Waals surface area contributed by atoms with Gasteiger partial charge in [0.15, 0.2) is 0 Å². The van der Waals surface area contributed by atoms with Crippen molar-refractivity contribution in [2.24, 2.45) is 0 Å². The smallest absolute Gasteiger partial charge is 0.0746 e. The standard InChI is InChI=1S/C15H20N2O/c1-3-15(2,11-18)17-10-13-7-4-6-12-8-5-9-16-14(12)13/h4-9,17-18H,3,10-11H2,1-2H3. The van der Waals surface area contributed by atoms with Gasteiger partial charge in [-0.3, -0.25) is 4.98 Å². The number of benzene rings is 1. The number of hydrogen-bond acceptors (Lipinski definition) is 3. The highest BCUT2D eigenvalue weighted by molar-refractivity contribution is 5.81. The van der Waals surface area contributed by atoms with Gasteiger partial charge in [-0.15, -0.1) is 0 Å². The third-order valence-corrected chi connectivity index (χ3v) is 3.55. The van der Waals surface area contributed by atoms with E-state index in [2.05, 4.69) is 35.4 Å². The summed E-state index contributed by atoms with van der Waals surface area (Å²) in [5.41, 5.74) is 1.97. The molecule has 1 atom stereocenters. The van der Waals surface area contributed by atoms with Gasteiger partial charge in [-0.2, -0.15) is 0 Å². The lowest BCUT2D eigenvalue weighted by atomic mass is 9.99. The van der Waals surface area contributed by atoms with Gasteiger partial charge in [0.1, 0.15) is 0 Å². The van der Waals surface area contributed by atoms with E-state index >= 15 is 0 Å². The molecule has 3 heteroatoms. The monoisotopic (exact) mass is 244 g/mol. The summed E-state index contributed by atoms with van der Waals surface area (Å²) in [6.45, 7) is 4.97. The summed E-state index contributed by atoms with van der Waals surface area (Å²) in [5.74, 6) is 0. The summed E-state index contributed by atoms with van der Waals surface area (Å²) in [6, 6.07) is 10.2. The van der Waals surface area contributed by atoms with Crippen molar-refractivity contribution in [3.8, 4) is 0 Å². The highest BCUT2D eigenvalue weighted by atomic mass is 16.3. The van der Waals surface area contributed by atoms with Gasteiger partial charge >= 0.3 is 0 Å². The average molecular weight is 244 g/mol. The van der Waals surface area contributed by atoms with E-state index in [1.165, 1.54) is 5.56 Å². The number of rotatable bonds is 5. The molecular formula is C15H20N2O. The number of para-hydroxylation sites is 1. The normalized spacial score (nSPS) is 14.6. The van der Waals surface area contributed by atoms with E-state index < -0.39 is 0 Å². The second-order valence-corrected chi connectivity index (χ2v) is 4.92. The average Bonchev–Trinajstić information content (AvgIpc) is 2.44. The topological polar surface area (TPSA) is 45.1 Å². The minimum absolute atomic E-state index is 0.141. The summed E-state index contributed by atoms with van der Waals surface area (Å²) in [5, 5.41) is 14.0. The zero-order valence-corrected chi connectivity index (χ0v) is 11.0. The fourth-order valence-corrected chi connectivity index (χ4v) is 1.91. The van der Waals surface area contributed by atoms with Crippen LogP contribution in [0.2, 0.25) is 0 Å². The molecule has 0 saturated heterocycles. The molecule has 0 saturated carbocycles. The van der Waals surface area contributed by atoms with Crippen molar-refractivity contribution in [1.29, 1.82) is 0 Å². The van der Waals surface area contributed by atoms with E-state index in [4.69, 9.17) is 0 Å². The Morgan fingerprint density at radius 1 is 1.28 bits per heavy atom. The predicted molar refractivity (Wildman–Crippen MR) is 74.4 cm³/mol. The Morgan fingerprint density at radius 2 is 2.06 bits per heavy atom. The quantitative estimate of drug-likeness (QED) is 0.849. The summed E-state index contributed by atoms with van der Waals surface area (Å²) < 4.78 is 0. The van der Waals surface area contributed by atoms with Gasteiger partial charge in [-0.05, 0) is 25.0 Å². The number of aliphatic hydroxyl groups excluding tert-OH is 1. The zero-order chi connectivity index (χ0) is 13.0. The number of aliphatic hydroxyl groups is 1. The first-order valence-corrected chi connectivity index (χ1v) is 6.37. The first-order chi connectivity index (χ1) is 8.68. The molecule has 0 aliphatic rings. The van der Waals surface area contributed by atoms with Crippen LogP contribution in [0, 0.1) is 0 Å². The van der Waals surface area contributed by atoms with Gasteiger partial charge in [0, 0.05) is 23.7 Å². The number of nitrogens with zero attached hydrogens (tertiary/aromatic N) is 1. The summed E-state index contributed by atoms with van der Waals surface area (Å²) in [7, 11) is 0. The molecule has 2 rings (SSSR count). The lowest BCUT2D eigenvalue weighted by molar-refractivity contribution is 0.169. The maximum absolute atomic E-state index is 9.40. The van der Waals surface area contributed by atoms with Crippen LogP contribution in [0.4, 0.5) is 0 Å². The molecule has 18 heavy (non-hydrogen) atoms. The fourth-order valence-electron chi connectivity index (χ4n) is 1.91. The predicted octanol–water partition coefficient (Wildman–Crippen LogP) is 2.49. The van der Waals surface area contributed by atoms with Crippen LogP contribution in [-0.2, 0) is 6.54 Å². The van der Waals surface area contributed by atoms with Gasteiger partial charge in [-0.25, -0.2) is 0 Å². The molecule has 0 spiro atoms. The zero-order valence-electron chi connectivity index (χ0n) is 11.0. The largest absolute Gasteiger partial charge is 0.394 e. The SMILES string of the molecule is CCC(C)(CO)NCc1cccc2cccnc12. The number of fused-ring (bicyclic) bond motifs is 1. The maximum Gasteiger partial charge on any atom is 0.0746 e. The lowest BCUT2D eigenvalue weighted by Gasteiger charge is -2.27. The highest BCUT2D eigenvalue weighted by Gasteiger charge is 2.19. The van der Waals surface area contributed by atoms with Gasteiger partial charge in [0.25, 0.3) is 0 Å². The Morgan fingerprint density at radius 3 is 2.78 bits per heavy atom. The Balaban J connectivity index is 2.22. The van der Waals surface area contributed by atoms with Crippen LogP contribution in [0.1, 0.15) is 25.8 Å². The summed E-state index contributed by atoms with van der Waals surface area (Å²) in [4.78, 5) is 4.43. The van der Waals surface area contributed by atoms with Crippen LogP contribution in [0.25, 0.3) is 10.9 Å². The third-order valence-electron chi connectivity index (χ3n) is 3.55. The molecule has 0 radical (unpaired) electrons.